The number of carbonyl (C=O) groups excluding carboxylic acids is 1. The van der Waals surface area contributed by atoms with Crippen LogP contribution < -0.4 is 0 Å². The number of nitrogens with zero attached hydrogens (tertiary/aromatic N) is 1. The standard InChI is InChI=1S/C27H31NO4/c1-20-2-6-24(7-3-20)27(9-13-30-14-10-27)26(29)28-11-15-31-19-22(18-28)16-21-4-5-23-8-12-32-25(23)17-21/h2-8,12,17,22H,9-11,13-16,18-19H2,1H3. The van der Waals surface area contributed by atoms with Crippen LogP contribution in [-0.4, -0.2) is 50.3 Å². The molecule has 2 fully saturated rings. The molecule has 1 atom stereocenters. The number of ether oxygens (including phenoxy) is 2. The Labute approximate surface area is 189 Å². The van der Waals surface area contributed by atoms with Crippen LogP contribution >= 0.6 is 0 Å². The minimum atomic E-state index is -0.506. The molecule has 5 heteroatoms. The first kappa shape index (κ1) is 21.2. The van der Waals surface area contributed by atoms with Gasteiger partial charge in [-0.3, -0.25) is 4.79 Å². The van der Waals surface area contributed by atoms with Crippen molar-refractivity contribution in [3.63, 3.8) is 0 Å². The van der Waals surface area contributed by atoms with Crippen molar-refractivity contribution < 1.29 is 18.7 Å². The zero-order valence-corrected chi connectivity index (χ0v) is 18.7. The fourth-order valence-electron chi connectivity index (χ4n) is 5.17. The summed E-state index contributed by atoms with van der Waals surface area (Å²) in [5, 5.41) is 1.11. The van der Waals surface area contributed by atoms with E-state index < -0.39 is 5.41 Å². The Morgan fingerprint density at radius 1 is 1.03 bits per heavy atom. The van der Waals surface area contributed by atoms with Crippen molar-refractivity contribution >= 4 is 16.9 Å². The Kier molecular flexibility index (Phi) is 6.03. The molecular formula is C27H31NO4. The van der Waals surface area contributed by atoms with Crippen molar-refractivity contribution in [3.8, 4) is 0 Å². The van der Waals surface area contributed by atoms with Gasteiger partial charge in [-0.15, -0.1) is 0 Å². The largest absolute Gasteiger partial charge is 0.464 e. The molecule has 2 saturated heterocycles. The molecule has 2 aliphatic heterocycles. The predicted molar refractivity (Wildman–Crippen MR) is 124 cm³/mol. The number of hydrogen-bond donors (Lipinski definition) is 0. The zero-order valence-electron chi connectivity index (χ0n) is 18.7. The maximum atomic E-state index is 14.1. The summed E-state index contributed by atoms with van der Waals surface area (Å²) < 4.78 is 17.2. The molecule has 0 spiro atoms. The van der Waals surface area contributed by atoms with E-state index in [0.717, 1.165) is 35.8 Å². The van der Waals surface area contributed by atoms with Gasteiger partial charge in [0, 0.05) is 37.6 Å². The number of amides is 1. The molecule has 0 N–H and O–H groups in total. The summed E-state index contributed by atoms with van der Waals surface area (Å²) in [6.45, 7) is 5.93. The molecule has 5 nitrogen and oxygen atoms in total. The normalized spacial score (nSPS) is 21.4. The van der Waals surface area contributed by atoms with E-state index in [4.69, 9.17) is 13.9 Å². The highest BCUT2D eigenvalue weighted by Crippen LogP contribution is 2.37. The third-order valence-electron chi connectivity index (χ3n) is 7.03. The van der Waals surface area contributed by atoms with Crippen LogP contribution in [0.15, 0.2) is 59.2 Å². The smallest absolute Gasteiger partial charge is 0.233 e. The van der Waals surface area contributed by atoms with Crippen molar-refractivity contribution in [1.82, 2.24) is 4.90 Å². The van der Waals surface area contributed by atoms with Gasteiger partial charge in [0.2, 0.25) is 5.91 Å². The van der Waals surface area contributed by atoms with Crippen LogP contribution in [0.3, 0.4) is 0 Å². The van der Waals surface area contributed by atoms with Gasteiger partial charge in [0.1, 0.15) is 5.58 Å². The fourth-order valence-corrected chi connectivity index (χ4v) is 5.17. The second-order valence-electron chi connectivity index (χ2n) is 9.25. The minimum Gasteiger partial charge on any atom is -0.464 e. The molecule has 1 amide bonds. The Balaban J connectivity index is 1.37. The molecule has 2 aromatic carbocycles. The Morgan fingerprint density at radius 3 is 2.66 bits per heavy atom. The molecule has 2 aliphatic rings. The molecule has 1 unspecified atom stereocenters. The van der Waals surface area contributed by atoms with E-state index in [0.29, 0.717) is 39.5 Å². The lowest BCUT2D eigenvalue weighted by molar-refractivity contribution is -0.141. The van der Waals surface area contributed by atoms with E-state index in [1.807, 2.05) is 11.0 Å². The van der Waals surface area contributed by atoms with Crippen LogP contribution in [-0.2, 0) is 26.1 Å². The number of hydrogen-bond acceptors (Lipinski definition) is 4. The van der Waals surface area contributed by atoms with Crippen LogP contribution in [0.1, 0.15) is 29.5 Å². The van der Waals surface area contributed by atoms with E-state index in [1.54, 1.807) is 6.26 Å². The average Bonchev–Trinajstić information content (AvgIpc) is 3.17. The molecule has 3 aromatic rings. The Hall–Kier alpha value is -2.63. The number of rotatable bonds is 4. The molecule has 0 bridgehead atoms. The van der Waals surface area contributed by atoms with Gasteiger partial charge in [-0.05, 0) is 49.4 Å². The fraction of sp³-hybridized carbons (Fsp3) is 0.444. The summed E-state index contributed by atoms with van der Waals surface area (Å²) in [7, 11) is 0. The van der Waals surface area contributed by atoms with Crippen LogP contribution in [0.25, 0.3) is 11.0 Å². The minimum absolute atomic E-state index is 0.224. The predicted octanol–water partition coefficient (Wildman–Crippen LogP) is 4.51. The van der Waals surface area contributed by atoms with Crippen molar-refractivity contribution in [2.24, 2.45) is 5.92 Å². The summed E-state index contributed by atoms with van der Waals surface area (Å²) in [6.07, 6.45) is 4.04. The van der Waals surface area contributed by atoms with Crippen molar-refractivity contribution in [3.05, 3.63) is 71.5 Å². The second kappa shape index (κ2) is 9.08. The number of fused-ring (bicyclic) bond motifs is 1. The van der Waals surface area contributed by atoms with E-state index in [2.05, 4.69) is 49.4 Å². The van der Waals surface area contributed by atoms with Crippen LogP contribution in [0.2, 0.25) is 0 Å². The highest BCUT2D eigenvalue weighted by Gasteiger charge is 2.44. The molecule has 32 heavy (non-hydrogen) atoms. The first-order valence-corrected chi connectivity index (χ1v) is 11.6. The molecule has 0 saturated carbocycles. The van der Waals surface area contributed by atoms with E-state index in [1.165, 1.54) is 11.1 Å². The number of furan rings is 1. The average molecular weight is 434 g/mol. The summed E-state index contributed by atoms with van der Waals surface area (Å²) in [5.74, 6) is 0.477. The van der Waals surface area contributed by atoms with Crippen LogP contribution in [0.5, 0.6) is 0 Å². The quantitative estimate of drug-likeness (QED) is 0.608. The Morgan fingerprint density at radius 2 is 1.84 bits per heavy atom. The lowest BCUT2D eigenvalue weighted by Gasteiger charge is -2.40. The third kappa shape index (κ3) is 4.19. The first-order chi connectivity index (χ1) is 15.6. The van der Waals surface area contributed by atoms with Crippen LogP contribution in [0.4, 0.5) is 0 Å². The molecule has 3 heterocycles. The highest BCUT2D eigenvalue weighted by molar-refractivity contribution is 5.88. The molecule has 1 aromatic heterocycles. The van der Waals surface area contributed by atoms with Gasteiger partial charge < -0.3 is 18.8 Å². The molecule has 168 valence electrons. The van der Waals surface area contributed by atoms with Gasteiger partial charge in [-0.25, -0.2) is 0 Å². The lowest BCUT2D eigenvalue weighted by Crippen LogP contribution is -2.51. The topological polar surface area (TPSA) is 51.9 Å². The van der Waals surface area contributed by atoms with E-state index >= 15 is 0 Å². The SMILES string of the molecule is Cc1ccc(C2(C(=O)N3CCOCC(Cc4ccc5ccoc5c4)C3)CCOCC2)cc1. The van der Waals surface area contributed by atoms with Gasteiger partial charge >= 0.3 is 0 Å². The maximum Gasteiger partial charge on any atom is 0.233 e. The highest BCUT2D eigenvalue weighted by atomic mass is 16.5. The molecule has 0 radical (unpaired) electrons. The third-order valence-corrected chi connectivity index (χ3v) is 7.03. The van der Waals surface area contributed by atoms with Crippen LogP contribution in [0, 0.1) is 12.8 Å². The van der Waals surface area contributed by atoms with Gasteiger partial charge in [0.05, 0.1) is 24.9 Å². The van der Waals surface area contributed by atoms with Gasteiger partial charge in [0.25, 0.3) is 0 Å². The Bertz CT molecular complexity index is 1060. The maximum absolute atomic E-state index is 14.1. The summed E-state index contributed by atoms with van der Waals surface area (Å²) in [4.78, 5) is 16.1. The summed E-state index contributed by atoms with van der Waals surface area (Å²) in [5.41, 5.74) is 3.94. The molecule has 5 rings (SSSR count). The lowest BCUT2D eigenvalue weighted by atomic mass is 9.72. The zero-order chi connectivity index (χ0) is 22.0. The summed E-state index contributed by atoms with van der Waals surface area (Å²) in [6, 6.07) is 16.8. The van der Waals surface area contributed by atoms with Crippen molar-refractivity contribution in [2.45, 2.75) is 31.6 Å². The first-order valence-electron chi connectivity index (χ1n) is 11.6. The van der Waals surface area contributed by atoms with Crippen molar-refractivity contribution in [1.29, 1.82) is 0 Å². The van der Waals surface area contributed by atoms with E-state index in [-0.39, 0.29) is 11.8 Å². The number of benzene rings is 2. The monoisotopic (exact) mass is 433 g/mol. The molecular weight excluding hydrogens is 402 g/mol. The number of carbonyl (C=O) groups is 1. The number of aryl methyl sites for hydroxylation is 1. The van der Waals surface area contributed by atoms with Crippen molar-refractivity contribution in [2.75, 3.05) is 39.5 Å². The van der Waals surface area contributed by atoms with Gasteiger partial charge in [0.15, 0.2) is 0 Å². The molecule has 0 aliphatic carbocycles. The second-order valence-corrected chi connectivity index (χ2v) is 9.25. The van der Waals surface area contributed by atoms with Gasteiger partial charge in [-0.2, -0.15) is 0 Å². The van der Waals surface area contributed by atoms with E-state index in [9.17, 15) is 4.79 Å². The summed E-state index contributed by atoms with van der Waals surface area (Å²) >= 11 is 0. The van der Waals surface area contributed by atoms with Gasteiger partial charge in [-0.1, -0.05) is 42.0 Å².